The van der Waals surface area contributed by atoms with Gasteiger partial charge in [-0.1, -0.05) is 25.0 Å². The lowest BCUT2D eigenvalue weighted by molar-refractivity contribution is -0.274. The van der Waals surface area contributed by atoms with Crippen molar-refractivity contribution in [3.63, 3.8) is 0 Å². The van der Waals surface area contributed by atoms with Crippen molar-refractivity contribution < 1.29 is 27.8 Å². The average Bonchev–Trinajstić information content (AvgIpc) is 2.99. The Morgan fingerprint density at radius 2 is 1.87 bits per heavy atom. The van der Waals surface area contributed by atoms with Crippen molar-refractivity contribution in [3.05, 3.63) is 29.8 Å². The first-order valence-electron chi connectivity index (χ1n) is 7.63. The maximum absolute atomic E-state index is 12.0. The van der Waals surface area contributed by atoms with Crippen LogP contribution in [0.15, 0.2) is 24.3 Å². The van der Waals surface area contributed by atoms with Crippen molar-refractivity contribution in [2.45, 2.75) is 44.6 Å². The van der Waals surface area contributed by atoms with E-state index in [2.05, 4.69) is 10.1 Å². The van der Waals surface area contributed by atoms with Gasteiger partial charge >= 0.3 is 6.36 Å². The molecule has 2 N–H and O–H groups in total. The molecule has 1 saturated carbocycles. The Kier molecular flexibility index (Phi) is 5.87. The summed E-state index contributed by atoms with van der Waals surface area (Å²) in [6.07, 6.45) is -1.03. The first kappa shape index (κ1) is 17.6. The van der Waals surface area contributed by atoms with Crippen LogP contribution >= 0.6 is 0 Å². The molecule has 128 valence electrons. The van der Waals surface area contributed by atoms with Crippen molar-refractivity contribution in [2.24, 2.45) is 5.92 Å². The maximum Gasteiger partial charge on any atom is 0.573 e. The van der Waals surface area contributed by atoms with Crippen molar-refractivity contribution in [1.82, 2.24) is 5.32 Å². The highest BCUT2D eigenvalue weighted by Gasteiger charge is 2.31. The number of carbonyl (C=O) groups is 1. The van der Waals surface area contributed by atoms with Crippen molar-refractivity contribution in [3.8, 4) is 5.75 Å². The monoisotopic (exact) mass is 331 g/mol. The van der Waals surface area contributed by atoms with E-state index in [1.165, 1.54) is 24.3 Å². The second kappa shape index (κ2) is 7.68. The molecule has 1 atom stereocenters. The molecule has 1 aliphatic carbocycles. The number of hydrogen-bond donors (Lipinski definition) is 2. The number of halogens is 3. The Hall–Kier alpha value is -1.76. The zero-order valence-corrected chi connectivity index (χ0v) is 12.6. The van der Waals surface area contributed by atoms with E-state index in [-0.39, 0.29) is 30.5 Å². The Morgan fingerprint density at radius 1 is 1.26 bits per heavy atom. The van der Waals surface area contributed by atoms with E-state index in [0.29, 0.717) is 5.56 Å². The SMILES string of the molecule is O=C(Cc1ccc(OC(F)(F)F)cc1)NCC(O)C1CCCC1. The molecule has 0 radical (unpaired) electrons. The zero-order valence-electron chi connectivity index (χ0n) is 12.6. The van der Waals surface area contributed by atoms with E-state index in [4.69, 9.17) is 0 Å². The van der Waals surface area contributed by atoms with Crippen LogP contribution in [0.4, 0.5) is 13.2 Å². The number of aliphatic hydroxyl groups excluding tert-OH is 1. The summed E-state index contributed by atoms with van der Waals surface area (Å²) in [6.45, 7) is 0.207. The molecule has 0 spiro atoms. The van der Waals surface area contributed by atoms with Crippen LogP contribution in [0.5, 0.6) is 5.75 Å². The fourth-order valence-corrected chi connectivity index (χ4v) is 2.78. The quantitative estimate of drug-likeness (QED) is 0.843. The zero-order chi connectivity index (χ0) is 16.9. The molecule has 1 aromatic carbocycles. The molecule has 0 saturated heterocycles. The fourth-order valence-electron chi connectivity index (χ4n) is 2.78. The van der Waals surface area contributed by atoms with Gasteiger partial charge in [-0.2, -0.15) is 0 Å². The molecular weight excluding hydrogens is 311 g/mol. The number of ether oxygens (including phenoxy) is 1. The topological polar surface area (TPSA) is 58.6 Å². The minimum Gasteiger partial charge on any atom is -0.406 e. The third-order valence-electron chi connectivity index (χ3n) is 3.97. The third-order valence-corrected chi connectivity index (χ3v) is 3.97. The molecule has 1 fully saturated rings. The molecule has 1 amide bonds. The van der Waals surface area contributed by atoms with E-state index in [1.807, 2.05) is 0 Å². The van der Waals surface area contributed by atoms with Gasteiger partial charge in [0.15, 0.2) is 0 Å². The van der Waals surface area contributed by atoms with Gasteiger partial charge in [0.2, 0.25) is 5.91 Å². The molecule has 0 aromatic heterocycles. The van der Waals surface area contributed by atoms with Crippen LogP contribution in [0.25, 0.3) is 0 Å². The van der Waals surface area contributed by atoms with Gasteiger partial charge < -0.3 is 15.2 Å². The van der Waals surface area contributed by atoms with Crippen LogP contribution < -0.4 is 10.1 Å². The van der Waals surface area contributed by atoms with E-state index in [1.54, 1.807) is 0 Å². The Bertz CT molecular complexity index is 510. The molecule has 0 heterocycles. The number of amides is 1. The van der Waals surface area contributed by atoms with Crippen LogP contribution in [0.2, 0.25) is 0 Å². The van der Waals surface area contributed by atoms with Crippen LogP contribution in [0.1, 0.15) is 31.2 Å². The van der Waals surface area contributed by atoms with Crippen molar-refractivity contribution in [1.29, 1.82) is 0 Å². The first-order chi connectivity index (χ1) is 10.8. The first-order valence-corrected chi connectivity index (χ1v) is 7.63. The molecule has 1 aliphatic rings. The largest absolute Gasteiger partial charge is 0.573 e. The molecule has 0 aliphatic heterocycles. The van der Waals surface area contributed by atoms with Gasteiger partial charge in [-0.25, -0.2) is 0 Å². The lowest BCUT2D eigenvalue weighted by Gasteiger charge is -2.18. The van der Waals surface area contributed by atoms with Gasteiger partial charge in [0, 0.05) is 6.54 Å². The molecule has 23 heavy (non-hydrogen) atoms. The number of carbonyl (C=O) groups excluding carboxylic acids is 1. The third kappa shape index (κ3) is 6.09. The molecule has 1 unspecified atom stereocenters. The smallest absolute Gasteiger partial charge is 0.406 e. The van der Waals surface area contributed by atoms with Crippen molar-refractivity contribution in [2.75, 3.05) is 6.54 Å². The van der Waals surface area contributed by atoms with E-state index in [0.717, 1.165) is 25.7 Å². The van der Waals surface area contributed by atoms with Gasteiger partial charge in [-0.3, -0.25) is 4.79 Å². The Labute approximate surface area is 132 Å². The molecule has 1 aromatic rings. The predicted octanol–water partition coefficient (Wildman–Crippen LogP) is 2.80. The number of alkyl halides is 3. The maximum atomic E-state index is 12.0. The van der Waals surface area contributed by atoms with Crippen LogP contribution in [0.3, 0.4) is 0 Å². The lowest BCUT2D eigenvalue weighted by atomic mass is 10.0. The second-order valence-electron chi connectivity index (χ2n) is 5.78. The minimum absolute atomic E-state index is 0.0453. The Morgan fingerprint density at radius 3 is 2.43 bits per heavy atom. The highest BCUT2D eigenvalue weighted by molar-refractivity contribution is 5.78. The van der Waals surface area contributed by atoms with Gasteiger partial charge in [-0.05, 0) is 36.5 Å². The average molecular weight is 331 g/mol. The van der Waals surface area contributed by atoms with E-state index >= 15 is 0 Å². The van der Waals surface area contributed by atoms with Gasteiger partial charge in [0.1, 0.15) is 5.75 Å². The number of hydrogen-bond acceptors (Lipinski definition) is 3. The molecule has 0 bridgehead atoms. The summed E-state index contributed by atoms with van der Waals surface area (Å²) in [5.41, 5.74) is 0.576. The fraction of sp³-hybridized carbons (Fsp3) is 0.562. The summed E-state index contributed by atoms with van der Waals surface area (Å²) >= 11 is 0. The minimum atomic E-state index is -4.73. The number of benzene rings is 1. The summed E-state index contributed by atoms with van der Waals surface area (Å²) in [5.74, 6) is -0.348. The summed E-state index contributed by atoms with van der Waals surface area (Å²) in [7, 11) is 0. The number of aliphatic hydroxyl groups is 1. The van der Waals surface area contributed by atoms with Gasteiger partial charge in [0.25, 0.3) is 0 Å². The Balaban J connectivity index is 1.76. The van der Waals surface area contributed by atoms with E-state index < -0.39 is 12.5 Å². The highest BCUT2D eigenvalue weighted by Crippen LogP contribution is 2.27. The predicted molar refractivity (Wildman–Crippen MR) is 77.8 cm³/mol. The summed E-state index contributed by atoms with van der Waals surface area (Å²) in [4.78, 5) is 11.8. The van der Waals surface area contributed by atoms with Gasteiger partial charge in [0.05, 0.1) is 12.5 Å². The van der Waals surface area contributed by atoms with Gasteiger partial charge in [-0.15, -0.1) is 13.2 Å². The molecular formula is C16H20F3NO3. The number of nitrogens with one attached hydrogen (secondary N) is 1. The molecule has 2 rings (SSSR count). The molecule has 7 heteroatoms. The summed E-state index contributed by atoms with van der Waals surface area (Å²) in [5, 5.41) is 12.6. The van der Waals surface area contributed by atoms with Crippen LogP contribution in [-0.4, -0.2) is 30.0 Å². The van der Waals surface area contributed by atoms with E-state index in [9.17, 15) is 23.1 Å². The van der Waals surface area contributed by atoms with Crippen LogP contribution in [0, 0.1) is 5.92 Å². The highest BCUT2D eigenvalue weighted by atomic mass is 19.4. The number of rotatable bonds is 6. The normalized spacial score (nSPS) is 17.0. The van der Waals surface area contributed by atoms with Crippen LogP contribution in [-0.2, 0) is 11.2 Å². The second-order valence-corrected chi connectivity index (χ2v) is 5.78. The lowest BCUT2D eigenvalue weighted by Crippen LogP contribution is -2.36. The summed E-state index contributed by atoms with van der Waals surface area (Å²) < 4.78 is 39.9. The molecule has 4 nitrogen and oxygen atoms in total. The van der Waals surface area contributed by atoms with Crippen molar-refractivity contribution >= 4 is 5.91 Å². The summed E-state index contributed by atoms with van der Waals surface area (Å²) in [6, 6.07) is 5.16. The standard InChI is InChI=1S/C16H20F3NO3/c17-16(18,19)23-13-7-5-11(6-8-13)9-15(22)20-10-14(21)12-3-1-2-4-12/h5-8,12,14,21H,1-4,9-10H2,(H,20,22).